The van der Waals surface area contributed by atoms with Crippen LogP contribution in [0.25, 0.3) is 0 Å². The number of anilines is 1. The highest BCUT2D eigenvalue weighted by Gasteiger charge is 2.29. The number of amides is 2. The smallest absolute Gasteiger partial charge is 0.249 e. The predicted octanol–water partition coefficient (Wildman–Crippen LogP) is 0.907. The van der Waals surface area contributed by atoms with E-state index in [9.17, 15) is 9.59 Å². The zero-order chi connectivity index (χ0) is 15.2. The SMILES string of the molecule is CCOCC(=O)N1CCN(c2ccccc2OC)C(=O)C1. The van der Waals surface area contributed by atoms with E-state index in [0.717, 1.165) is 5.69 Å². The molecule has 6 heteroatoms. The first-order chi connectivity index (χ1) is 10.2. The fraction of sp³-hybridized carbons (Fsp3) is 0.467. The summed E-state index contributed by atoms with van der Waals surface area (Å²) in [6.07, 6.45) is 0. The maximum absolute atomic E-state index is 12.3. The molecule has 0 radical (unpaired) electrons. The second-order valence-corrected chi connectivity index (χ2v) is 4.67. The van der Waals surface area contributed by atoms with Crippen LogP contribution in [0.5, 0.6) is 5.75 Å². The Hall–Kier alpha value is -2.08. The summed E-state index contributed by atoms with van der Waals surface area (Å²) in [5.41, 5.74) is 0.738. The van der Waals surface area contributed by atoms with Gasteiger partial charge in [-0.3, -0.25) is 9.59 Å². The molecule has 0 bridgehead atoms. The fourth-order valence-electron chi connectivity index (χ4n) is 2.27. The first kappa shape index (κ1) is 15.3. The zero-order valence-electron chi connectivity index (χ0n) is 12.4. The molecule has 1 aromatic rings. The van der Waals surface area contributed by atoms with E-state index >= 15 is 0 Å². The van der Waals surface area contributed by atoms with Crippen molar-refractivity contribution >= 4 is 17.5 Å². The summed E-state index contributed by atoms with van der Waals surface area (Å²) in [7, 11) is 1.57. The van der Waals surface area contributed by atoms with Crippen LogP contribution in [-0.4, -0.2) is 56.7 Å². The number of methoxy groups -OCH3 is 1. The van der Waals surface area contributed by atoms with Gasteiger partial charge in [0.25, 0.3) is 0 Å². The van der Waals surface area contributed by atoms with Crippen molar-refractivity contribution < 1.29 is 19.1 Å². The van der Waals surface area contributed by atoms with Gasteiger partial charge >= 0.3 is 0 Å². The second kappa shape index (κ2) is 7.08. The molecule has 6 nitrogen and oxygen atoms in total. The Labute approximate surface area is 124 Å². The molecular formula is C15H20N2O4. The lowest BCUT2D eigenvalue weighted by Crippen LogP contribution is -2.53. The van der Waals surface area contributed by atoms with Crippen LogP contribution in [0.4, 0.5) is 5.69 Å². The monoisotopic (exact) mass is 292 g/mol. The topological polar surface area (TPSA) is 59.1 Å². The molecule has 1 saturated heterocycles. The van der Waals surface area contributed by atoms with Gasteiger partial charge in [-0.15, -0.1) is 0 Å². The highest BCUT2D eigenvalue weighted by Crippen LogP contribution is 2.28. The van der Waals surface area contributed by atoms with E-state index in [2.05, 4.69) is 0 Å². The number of carbonyl (C=O) groups is 2. The number of hydrogen-bond acceptors (Lipinski definition) is 4. The molecule has 0 N–H and O–H groups in total. The largest absolute Gasteiger partial charge is 0.495 e. The summed E-state index contributed by atoms with van der Waals surface area (Å²) in [4.78, 5) is 27.3. The first-order valence-corrected chi connectivity index (χ1v) is 6.96. The van der Waals surface area contributed by atoms with Crippen LogP contribution in [0.1, 0.15) is 6.92 Å². The summed E-state index contributed by atoms with van der Waals surface area (Å²) in [5.74, 6) is 0.389. The maximum Gasteiger partial charge on any atom is 0.249 e. The minimum absolute atomic E-state index is 0.0262. The van der Waals surface area contributed by atoms with E-state index in [-0.39, 0.29) is 25.0 Å². The van der Waals surface area contributed by atoms with E-state index < -0.39 is 0 Å². The third-order valence-corrected chi connectivity index (χ3v) is 3.38. The molecule has 1 aromatic carbocycles. The molecule has 0 aliphatic carbocycles. The molecule has 1 aliphatic heterocycles. The summed E-state index contributed by atoms with van der Waals surface area (Å²) in [6.45, 7) is 3.37. The quantitative estimate of drug-likeness (QED) is 0.809. The fourth-order valence-corrected chi connectivity index (χ4v) is 2.27. The van der Waals surface area contributed by atoms with Gasteiger partial charge in [0.15, 0.2) is 0 Å². The van der Waals surface area contributed by atoms with Crippen molar-refractivity contribution in [3.05, 3.63) is 24.3 Å². The molecule has 0 aromatic heterocycles. The van der Waals surface area contributed by atoms with Crippen molar-refractivity contribution in [3.8, 4) is 5.75 Å². The third kappa shape index (κ3) is 3.52. The molecular weight excluding hydrogens is 272 g/mol. The molecule has 0 unspecified atom stereocenters. The van der Waals surface area contributed by atoms with Crippen molar-refractivity contribution in [2.45, 2.75) is 6.92 Å². The van der Waals surface area contributed by atoms with Crippen LogP contribution in [0.3, 0.4) is 0 Å². The summed E-state index contributed by atoms with van der Waals surface area (Å²) < 4.78 is 10.4. The Kier molecular flexibility index (Phi) is 5.16. The normalized spacial score (nSPS) is 15.2. The number of piperazine rings is 1. The Balaban J connectivity index is 2.04. The first-order valence-electron chi connectivity index (χ1n) is 6.96. The predicted molar refractivity (Wildman–Crippen MR) is 78.4 cm³/mol. The van der Waals surface area contributed by atoms with Gasteiger partial charge < -0.3 is 19.3 Å². The summed E-state index contributed by atoms with van der Waals surface area (Å²) in [5, 5.41) is 0. The summed E-state index contributed by atoms with van der Waals surface area (Å²) >= 11 is 0. The highest BCUT2D eigenvalue weighted by atomic mass is 16.5. The van der Waals surface area contributed by atoms with Crippen LogP contribution in [-0.2, 0) is 14.3 Å². The number of rotatable bonds is 5. The third-order valence-electron chi connectivity index (χ3n) is 3.38. The van der Waals surface area contributed by atoms with Crippen LogP contribution in [0.2, 0.25) is 0 Å². The molecule has 1 heterocycles. The van der Waals surface area contributed by atoms with Crippen LogP contribution in [0, 0.1) is 0 Å². The number of ether oxygens (including phenoxy) is 2. The number of nitrogens with zero attached hydrogens (tertiary/aromatic N) is 2. The molecule has 114 valence electrons. The van der Waals surface area contributed by atoms with Gasteiger partial charge in [0.2, 0.25) is 11.8 Å². The second-order valence-electron chi connectivity index (χ2n) is 4.67. The molecule has 0 saturated carbocycles. The van der Waals surface area contributed by atoms with Crippen molar-refractivity contribution in [1.29, 1.82) is 0 Å². The number of benzene rings is 1. The number of para-hydroxylation sites is 2. The van der Waals surface area contributed by atoms with E-state index in [1.165, 1.54) is 4.90 Å². The molecule has 0 atom stereocenters. The minimum atomic E-state index is -0.148. The lowest BCUT2D eigenvalue weighted by atomic mass is 10.2. The van der Waals surface area contributed by atoms with Crippen molar-refractivity contribution in [2.24, 2.45) is 0 Å². The van der Waals surface area contributed by atoms with E-state index in [4.69, 9.17) is 9.47 Å². The lowest BCUT2D eigenvalue weighted by molar-refractivity contribution is -0.140. The van der Waals surface area contributed by atoms with Gasteiger partial charge in [-0.1, -0.05) is 12.1 Å². The highest BCUT2D eigenvalue weighted by molar-refractivity contribution is 5.99. The van der Waals surface area contributed by atoms with Crippen molar-refractivity contribution in [1.82, 2.24) is 4.90 Å². The van der Waals surface area contributed by atoms with Crippen LogP contribution < -0.4 is 9.64 Å². The Bertz CT molecular complexity index is 518. The lowest BCUT2D eigenvalue weighted by Gasteiger charge is -2.34. The molecule has 1 fully saturated rings. The van der Waals surface area contributed by atoms with Gasteiger partial charge in [-0.2, -0.15) is 0 Å². The minimum Gasteiger partial charge on any atom is -0.495 e. The maximum atomic E-state index is 12.3. The van der Waals surface area contributed by atoms with E-state index in [0.29, 0.717) is 25.4 Å². The average molecular weight is 292 g/mol. The number of carbonyl (C=O) groups excluding carboxylic acids is 2. The van der Waals surface area contributed by atoms with Crippen molar-refractivity contribution in [2.75, 3.05) is 44.9 Å². The molecule has 21 heavy (non-hydrogen) atoms. The van der Waals surface area contributed by atoms with Gasteiger partial charge in [0, 0.05) is 19.7 Å². The number of hydrogen-bond donors (Lipinski definition) is 0. The zero-order valence-corrected chi connectivity index (χ0v) is 12.4. The molecule has 0 spiro atoms. The van der Waals surface area contributed by atoms with E-state index in [1.807, 2.05) is 31.2 Å². The standard InChI is InChI=1S/C15H20N2O4/c1-3-21-11-15(19)16-8-9-17(14(18)10-16)12-6-4-5-7-13(12)20-2/h4-7H,3,8-11H2,1-2H3. The average Bonchev–Trinajstić information content (AvgIpc) is 2.52. The van der Waals surface area contributed by atoms with Gasteiger partial charge in [0.05, 0.1) is 12.8 Å². The Morgan fingerprint density at radius 2 is 2.05 bits per heavy atom. The van der Waals surface area contributed by atoms with Gasteiger partial charge in [0.1, 0.15) is 18.9 Å². The van der Waals surface area contributed by atoms with Gasteiger partial charge in [-0.25, -0.2) is 0 Å². The van der Waals surface area contributed by atoms with Gasteiger partial charge in [-0.05, 0) is 19.1 Å². The Morgan fingerprint density at radius 1 is 1.29 bits per heavy atom. The van der Waals surface area contributed by atoms with Crippen LogP contribution >= 0.6 is 0 Å². The van der Waals surface area contributed by atoms with Crippen molar-refractivity contribution in [3.63, 3.8) is 0 Å². The molecule has 2 rings (SSSR count). The van der Waals surface area contributed by atoms with E-state index in [1.54, 1.807) is 12.0 Å². The van der Waals surface area contributed by atoms with Crippen LogP contribution in [0.15, 0.2) is 24.3 Å². The molecule has 2 amide bonds. The summed E-state index contributed by atoms with van der Waals surface area (Å²) in [6, 6.07) is 7.37. The molecule has 1 aliphatic rings. The Morgan fingerprint density at radius 3 is 2.71 bits per heavy atom.